The van der Waals surface area contributed by atoms with E-state index < -0.39 is 0 Å². The van der Waals surface area contributed by atoms with Gasteiger partial charge in [-0.05, 0) is 37.1 Å². The largest absolute Gasteiger partial charge is 0.346 e. The zero-order valence-corrected chi connectivity index (χ0v) is 14.1. The minimum Gasteiger partial charge on any atom is -0.346 e. The van der Waals surface area contributed by atoms with Crippen molar-refractivity contribution < 1.29 is 0 Å². The van der Waals surface area contributed by atoms with Gasteiger partial charge >= 0.3 is 0 Å². The van der Waals surface area contributed by atoms with Crippen LogP contribution in [-0.4, -0.2) is 24.9 Å². The van der Waals surface area contributed by atoms with Gasteiger partial charge in [0.05, 0.1) is 5.69 Å². The molecule has 0 bridgehead atoms. The number of hydrogen-bond donors (Lipinski definition) is 2. The molecule has 0 atom stereocenters. The van der Waals surface area contributed by atoms with E-state index in [4.69, 9.17) is 0 Å². The zero-order chi connectivity index (χ0) is 16.7. The molecule has 0 saturated carbocycles. The summed E-state index contributed by atoms with van der Waals surface area (Å²) in [6.45, 7) is 8.10. The van der Waals surface area contributed by atoms with E-state index in [1.807, 2.05) is 51.5 Å². The second-order valence-corrected chi connectivity index (χ2v) is 4.81. The molecule has 23 heavy (non-hydrogen) atoms. The summed E-state index contributed by atoms with van der Waals surface area (Å²) in [5.74, 6) is 0. The van der Waals surface area contributed by atoms with Crippen molar-refractivity contribution in [1.29, 1.82) is 0 Å². The fraction of sp³-hybridized carbons (Fsp3) is 0.278. The molecule has 0 spiro atoms. The molecule has 0 aliphatic heterocycles. The molecule has 0 amide bonds. The fourth-order valence-electron chi connectivity index (χ4n) is 2.18. The van der Waals surface area contributed by atoms with Gasteiger partial charge in [0, 0.05) is 29.4 Å². The predicted molar refractivity (Wildman–Crippen MR) is 95.4 cm³/mol. The Balaban J connectivity index is 0.000000152. The lowest BCUT2D eigenvalue weighted by atomic mass is 10.2. The summed E-state index contributed by atoms with van der Waals surface area (Å²) < 4.78 is 0. The Morgan fingerprint density at radius 3 is 2.43 bits per heavy atom. The van der Waals surface area contributed by atoms with Crippen LogP contribution in [0.5, 0.6) is 0 Å². The molecule has 0 fully saturated rings. The first-order valence-electron chi connectivity index (χ1n) is 7.94. The maximum Gasteiger partial charge on any atom is 0.140 e. The van der Waals surface area contributed by atoms with Crippen molar-refractivity contribution in [3.8, 4) is 0 Å². The Morgan fingerprint density at radius 1 is 0.957 bits per heavy atom. The van der Waals surface area contributed by atoms with E-state index in [9.17, 15) is 0 Å². The Bertz CT molecular complexity index is 860. The lowest BCUT2D eigenvalue weighted by Crippen LogP contribution is -1.83. The third kappa shape index (κ3) is 3.94. The lowest BCUT2D eigenvalue weighted by Gasteiger charge is -1.93. The van der Waals surface area contributed by atoms with Crippen molar-refractivity contribution in [3.63, 3.8) is 0 Å². The molecule has 5 heteroatoms. The number of aromatic nitrogens is 5. The van der Waals surface area contributed by atoms with Crippen molar-refractivity contribution in [2.75, 3.05) is 0 Å². The van der Waals surface area contributed by atoms with E-state index in [1.165, 1.54) is 10.9 Å². The molecule has 0 unspecified atom stereocenters. The number of hydrogen-bond acceptors (Lipinski definition) is 3. The third-order valence-electron chi connectivity index (χ3n) is 3.42. The minimum atomic E-state index is 0.910. The first-order valence-corrected chi connectivity index (χ1v) is 7.94. The van der Waals surface area contributed by atoms with Gasteiger partial charge in [0.2, 0.25) is 0 Å². The topological polar surface area (TPSA) is 70.2 Å². The average Bonchev–Trinajstić information content (AvgIpc) is 3.26. The van der Waals surface area contributed by atoms with Crippen molar-refractivity contribution in [1.82, 2.24) is 24.9 Å². The molecule has 0 aromatic carbocycles. The van der Waals surface area contributed by atoms with Crippen molar-refractivity contribution in [3.05, 3.63) is 54.4 Å². The number of pyridine rings is 1. The molecular formula is C18H23N5. The van der Waals surface area contributed by atoms with Crippen LogP contribution in [0.2, 0.25) is 0 Å². The van der Waals surface area contributed by atoms with Crippen molar-refractivity contribution in [2.45, 2.75) is 34.1 Å². The van der Waals surface area contributed by atoms with E-state index in [-0.39, 0.29) is 0 Å². The quantitative estimate of drug-likeness (QED) is 0.547. The molecule has 4 aromatic heterocycles. The van der Waals surface area contributed by atoms with E-state index >= 15 is 0 Å². The van der Waals surface area contributed by atoms with Crippen LogP contribution in [0.3, 0.4) is 0 Å². The summed E-state index contributed by atoms with van der Waals surface area (Å²) in [6, 6.07) is 6.19. The molecule has 0 aliphatic rings. The normalized spacial score (nSPS) is 9.91. The average molecular weight is 309 g/mol. The highest BCUT2D eigenvalue weighted by atomic mass is 14.9. The molecule has 5 nitrogen and oxygen atoms in total. The second kappa shape index (κ2) is 8.08. The molecule has 4 rings (SSSR count). The molecule has 0 radical (unpaired) electrons. The van der Waals surface area contributed by atoms with Crippen LogP contribution in [0.25, 0.3) is 22.1 Å². The minimum absolute atomic E-state index is 0.910. The van der Waals surface area contributed by atoms with Gasteiger partial charge in [-0.25, -0.2) is 15.0 Å². The highest BCUT2D eigenvalue weighted by Gasteiger charge is 1.97. The molecule has 4 aromatic rings. The number of rotatable bonds is 1. The van der Waals surface area contributed by atoms with Crippen LogP contribution >= 0.6 is 0 Å². The van der Waals surface area contributed by atoms with E-state index in [1.54, 1.807) is 6.33 Å². The van der Waals surface area contributed by atoms with Gasteiger partial charge in [-0.2, -0.15) is 0 Å². The van der Waals surface area contributed by atoms with Crippen LogP contribution in [0.15, 0.2) is 43.1 Å². The van der Waals surface area contributed by atoms with Crippen LogP contribution in [0, 0.1) is 6.92 Å². The maximum absolute atomic E-state index is 4.26. The van der Waals surface area contributed by atoms with E-state index in [0.29, 0.717) is 0 Å². The van der Waals surface area contributed by atoms with Gasteiger partial charge in [-0.15, -0.1) is 0 Å². The number of fused-ring (bicyclic) bond motifs is 2. The van der Waals surface area contributed by atoms with Crippen LogP contribution in [0.4, 0.5) is 0 Å². The molecule has 0 saturated heterocycles. The summed E-state index contributed by atoms with van der Waals surface area (Å²) in [7, 11) is 0. The maximum atomic E-state index is 4.26. The Morgan fingerprint density at radius 2 is 1.70 bits per heavy atom. The van der Waals surface area contributed by atoms with Gasteiger partial charge < -0.3 is 9.97 Å². The standard InChI is InChI=1S/C9H10N2.C7H7N3.C2H6/c1-2-7-5-8-3-4-10-9(8)11-6-7;1-5-6-2-3-8-7(6)10-4-9-5;1-2/h3-6H,2H2,1H3,(H,10,11);2-4H,1H3,(H,8,9,10);1-2H3. The number of nitrogens with zero attached hydrogens (tertiary/aromatic N) is 3. The second-order valence-electron chi connectivity index (χ2n) is 4.81. The van der Waals surface area contributed by atoms with Crippen LogP contribution in [-0.2, 0) is 6.42 Å². The van der Waals surface area contributed by atoms with E-state index in [2.05, 4.69) is 37.9 Å². The first-order chi connectivity index (χ1) is 11.3. The molecule has 2 N–H and O–H groups in total. The molecular weight excluding hydrogens is 286 g/mol. The molecule has 120 valence electrons. The van der Waals surface area contributed by atoms with Crippen LogP contribution < -0.4 is 0 Å². The first kappa shape index (κ1) is 16.7. The number of aromatic amines is 2. The summed E-state index contributed by atoms with van der Waals surface area (Å²) >= 11 is 0. The monoisotopic (exact) mass is 309 g/mol. The van der Waals surface area contributed by atoms with Gasteiger partial charge in [0.15, 0.2) is 0 Å². The lowest BCUT2D eigenvalue weighted by molar-refractivity contribution is 1.12. The SMILES string of the molecule is CC.CCc1cnc2[nH]ccc2c1.Cc1ncnc2[nH]ccc12. The third-order valence-corrected chi connectivity index (χ3v) is 3.42. The smallest absolute Gasteiger partial charge is 0.140 e. The number of nitrogens with one attached hydrogen (secondary N) is 2. The van der Waals surface area contributed by atoms with Crippen LogP contribution in [0.1, 0.15) is 32.0 Å². The van der Waals surface area contributed by atoms with Gasteiger partial charge in [-0.3, -0.25) is 0 Å². The summed E-state index contributed by atoms with van der Waals surface area (Å²) in [5.41, 5.74) is 4.19. The highest BCUT2D eigenvalue weighted by molar-refractivity contribution is 5.77. The summed E-state index contributed by atoms with van der Waals surface area (Å²) in [6.07, 6.45) is 8.31. The Hall–Kier alpha value is -2.69. The predicted octanol–water partition coefficient (Wildman–Crippen LogP) is 4.42. The summed E-state index contributed by atoms with van der Waals surface area (Å²) in [5, 5.41) is 2.30. The fourth-order valence-corrected chi connectivity index (χ4v) is 2.18. The summed E-state index contributed by atoms with van der Waals surface area (Å²) in [4.78, 5) is 18.4. The van der Waals surface area contributed by atoms with Crippen molar-refractivity contribution in [2.24, 2.45) is 0 Å². The Labute approximate surface area is 136 Å². The number of H-pyrrole nitrogens is 2. The molecule has 0 aliphatic carbocycles. The zero-order valence-electron chi connectivity index (χ0n) is 14.1. The Kier molecular flexibility index (Phi) is 5.86. The number of aryl methyl sites for hydroxylation is 2. The highest BCUT2D eigenvalue weighted by Crippen LogP contribution is 2.11. The van der Waals surface area contributed by atoms with Crippen molar-refractivity contribution >= 4 is 22.1 Å². The van der Waals surface area contributed by atoms with Gasteiger partial charge in [-0.1, -0.05) is 20.8 Å². The molecule has 4 heterocycles. The van der Waals surface area contributed by atoms with E-state index in [0.717, 1.165) is 28.8 Å². The van der Waals surface area contributed by atoms with Gasteiger partial charge in [0.1, 0.15) is 17.6 Å². The van der Waals surface area contributed by atoms with Gasteiger partial charge in [0.25, 0.3) is 0 Å².